The standard InChI is InChI=1S/C16H14N2O/c1-11-7-8-15(12(2)9-11)18-10-17-14-6-4-3-5-13(14)16(18)19/h3-10H,1-2H3. The minimum Gasteiger partial charge on any atom is -0.268 e. The molecule has 0 spiro atoms. The van der Waals surface area contributed by atoms with Gasteiger partial charge in [0.05, 0.1) is 16.6 Å². The van der Waals surface area contributed by atoms with Gasteiger partial charge in [-0.15, -0.1) is 0 Å². The topological polar surface area (TPSA) is 34.9 Å². The van der Waals surface area contributed by atoms with Crippen molar-refractivity contribution in [2.75, 3.05) is 0 Å². The first-order valence-corrected chi connectivity index (χ1v) is 6.21. The second-order valence-corrected chi connectivity index (χ2v) is 4.73. The normalized spacial score (nSPS) is 10.8. The van der Waals surface area contributed by atoms with E-state index in [1.807, 2.05) is 50.2 Å². The molecule has 0 saturated carbocycles. The molecular weight excluding hydrogens is 236 g/mol. The summed E-state index contributed by atoms with van der Waals surface area (Å²) in [5, 5.41) is 0.643. The van der Waals surface area contributed by atoms with Gasteiger partial charge in [0.25, 0.3) is 5.56 Å². The average Bonchev–Trinajstić information content (AvgIpc) is 2.41. The van der Waals surface area contributed by atoms with Crippen LogP contribution >= 0.6 is 0 Å². The number of fused-ring (bicyclic) bond motifs is 1. The first kappa shape index (κ1) is 11.7. The summed E-state index contributed by atoms with van der Waals surface area (Å²) in [6.07, 6.45) is 1.60. The molecule has 0 fully saturated rings. The Bertz CT molecular complexity index is 818. The molecule has 1 heterocycles. The smallest absolute Gasteiger partial charge is 0.265 e. The lowest BCUT2D eigenvalue weighted by molar-refractivity contribution is 0.951. The molecule has 0 bridgehead atoms. The molecule has 0 unspecified atom stereocenters. The highest BCUT2D eigenvalue weighted by Gasteiger charge is 2.07. The van der Waals surface area contributed by atoms with E-state index < -0.39 is 0 Å². The largest absolute Gasteiger partial charge is 0.268 e. The first-order chi connectivity index (χ1) is 9.16. The van der Waals surface area contributed by atoms with Gasteiger partial charge < -0.3 is 0 Å². The third kappa shape index (κ3) is 1.93. The predicted octanol–water partition coefficient (Wildman–Crippen LogP) is 3.00. The van der Waals surface area contributed by atoms with E-state index in [2.05, 4.69) is 11.1 Å². The molecule has 94 valence electrons. The summed E-state index contributed by atoms with van der Waals surface area (Å²) in [7, 11) is 0. The van der Waals surface area contributed by atoms with E-state index in [1.54, 1.807) is 10.9 Å². The SMILES string of the molecule is Cc1ccc(-n2cnc3ccccc3c2=O)c(C)c1. The van der Waals surface area contributed by atoms with Crippen molar-refractivity contribution in [2.24, 2.45) is 0 Å². The van der Waals surface area contributed by atoms with E-state index in [4.69, 9.17) is 0 Å². The van der Waals surface area contributed by atoms with Crippen molar-refractivity contribution in [3.63, 3.8) is 0 Å². The van der Waals surface area contributed by atoms with Crippen molar-refractivity contribution in [1.29, 1.82) is 0 Å². The van der Waals surface area contributed by atoms with Crippen LogP contribution in [0, 0.1) is 13.8 Å². The van der Waals surface area contributed by atoms with Gasteiger partial charge in [-0.3, -0.25) is 9.36 Å². The molecule has 0 N–H and O–H groups in total. The highest BCUT2D eigenvalue weighted by Crippen LogP contribution is 2.15. The van der Waals surface area contributed by atoms with Gasteiger partial charge in [0.15, 0.2) is 0 Å². The lowest BCUT2D eigenvalue weighted by Gasteiger charge is -2.10. The number of aromatic nitrogens is 2. The Labute approximate surface area is 111 Å². The van der Waals surface area contributed by atoms with Crippen LogP contribution in [0.2, 0.25) is 0 Å². The number of hydrogen-bond donors (Lipinski definition) is 0. The molecule has 0 aliphatic heterocycles. The Morgan fingerprint density at radius 1 is 1.05 bits per heavy atom. The summed E-state index contributed by atoms with van der Waals surface area (Å²) < 4.78 is 1.61. The number of hydrogen-bond acceptors (Lipinski definition) is 2. The lowest BCUT2D eigenvalue weighted by Crippen LogP contribution is -2.19. The quantitative estimate of drug-likeness (QED) is 0.665. The van der Waals surface area contributed by atoms with Crippen LogP contribution in [-0.4, -0.2) is 9.55 Å². The molecule has 3 nitrogen and oxygen atoms in total. The van der Waals surface area contributed by atoms with Crippen molar-refractivity contribution in [1.82, 2.24) is 9.55 Å². The number of para-hydroxylation sites is 1. The number of benzene rings is 2. The number of aryl methyl sites for hydroxylation is 2. The summed E-state index contributed by atoms with van der Waals surface area (Å²) in [6, 6.07) is 13.4. The Morgan fingerprint density at radius 2 is 1.84 bits per heavy atom. The van der Waals surface area contributed by atoms with Gasteiger partial charge in [-0.2, -0.15) is 0 Å². The van der Waals surface area contributed by atoms with E-state index in [0.29, 0.717) is 5.39 Å². The molecule has 0 aliphatic rings. The van der Waals surface area contributed by atoms with Crippen LogP contribution in [-0.2, 0) is 0 Å². The van der Waals surface area contributed by atoms with Crippen molar-refractivity contribution >= 4 is 10.9 Å². The fourth-order valence-electron chi connectivity index (χ4n) is 2.32. The van der Waals surface area contributed by atoms with E-state index in [1.165, 1.54) is 5.56 Å². The monoisotopic (exact) mass is 250 g/mol. The molecule has 3 heteroatoms. The Kier molecular flexibility index (Phi) is 2.67. The summed E-state index contributed by atoms with van der Waals surface area (Å²) >= 11 is 0. The molecule has 1 aromatic heterocycles. The van der Waals surface area contributed by atoms with Gasteiger partial charge in [0, 0.05) is 0 Å². The van der Waals surface area contributed by atoms with Crippen LogP contribution in [0.5, 0.6) is 0 Å². The van der Waals surface area contributed by atoms with Crippen LogP contribution in [0.3, 0.4) is 0 Å². The zero-order chi connectivity index (χ0) is 13.4. The van der Waals surface area contributed by atoms with Crippen LogP contribution < -0.4 is 5.56 Å². The second kappa shape index (κ2) is 4.35. The van der Waals surface area contributed by atoms with Crippen molar-refractivity contribution in [3.05, 3.63) is 70.3 Å². The molecule has 0 atom stereocenters. The zero-order valence-corrected chi connectivity index (χ0v) is 10.9. The fraction of sp³-hybridized carbons (Fsp3) is 0.125. The molecule has 0 amide bonds. The van der Waals surface area contributed by atoms with Gasteiger partial charge in [0.1, 0.15) is 6.33 Å². The van der Waals surface area contributed by atoms with Gasteiger partial charge in [-0.05, 0) is 37.6 Å². The molecule has 0 aliphatic carbocycles. The minimum absolute atomic E-state index is 0.0300. The molecule has 19 heavy (non-hydrogen) atoms. The highest BCUT2D eigenvalue weighted by atomic mass is 16.1. The third-order valence-electron chi connectivity index (χ3n) is 3.28. The third-order valence-corrected chi connectivity index (χ3v) is 3.28. The maximum atomic E-state index is 12.5. The van der Waals surface area contributed by atoms with Gasteiger partial charge in [0.2, 0.25) is 0 Å². The van der Waals surface area contributed by atoms with E-state index in [0.717, 1.165) is 16.8 Å². The van der Waals surface area contributed by atoms with Gasteiger partial charge in [-0.25, -0.2) is 4.98 Å². The first-order valence-electron chi connectivity index (χ1n) is 6.21. The predicted molar refractivity (Wildman–Crippen MR) is 76.8 cm³/mol. The molecular formula is C16H14N2O. The molecule has 0 saturated heterocycles. The van der Waals surface area contributed by atoms with Gasteiger partial charge >= 0.3 is 0 Å². The van der Waals surface area contributed by atoms with Crippen LogP contribution in [0.15, 0.2) is 53.6 Å². The van der Waals surface area contributed by atoms with Crippen molar-refractivity contribution in [3.8, 4) is 5.69 Å². The van der Waals surface area contributed by atoms with E-state index >= 15 is 0 Å². The number of nitrogens with zero attached hydrogens (tertiary/aromatic N) is 2. The molecule has 3 aromatic rings. The average molecular weight is 250 g/mol. The fourth-order valence-corrected chi connectivity index (χ4v) is 2.32. The minimum atomic E-state index is -0.0300. The van der Waals surface area contributed by atoms with Crippen molar-refractivity contribution < 1.29 is 0 Å². The van der Waals surface area contributed by atoms with Crippen LogP contribution in [0.1, 0.15) is 11.1 Å². The maximum absolute atomic E-state index is 12.5. The van der Waals surface area contributed by atoms with Crippen molar-refractivity contribution in [2.45, 2.75) is 13.8 Å². The van der Waals surface area contributed by atoms with Gasteiger partial charge in [-0.1, -0.05) is 29.8 Å². The second-order valence-electron chi connectivity index (χ2n) is 4.73. The molecule has 2 aromatic carbocycles. The summed E-state index contributed by atoms with van der Waals surface area (Å²) in [4.78, 5) is 16.8. The molecule has 3 rings (SSSR count). The van der Waals surface area contributed by atoms with E-state index in [-0.39, 0.29) is 5.56 Å². The lowest BCUT2D eigenvalue weighted by atomic mass is 10.1. The zero-order valence-electron chi connectivity index (χ0n) is 10.9. The van der Waals surface area contributed by atoms with Crippen LogP contribution in [0.25, 0.3) is 16.6 Å². The molecule has 0 radical (unpaired) electrons. The highest BCUT2D eigenvalue weighted by molar-refractivity contribution is 5.77. The Balaban J connectivity index is 2.31. The summed E-state index contributed by atoms with van der Waals surface area (Å²) in [6.45, 7) is 4.04. The number of rotatable bonds is 1. The maximum Gasteiger partial charge on any atom is 0.265 e. The summed E-state index contributed by atoms with van der Waals surface area (Å²) in [5.74, 6) is 0. The summed E-state index contributed by atoms with van der Waals surface area (Å²) in [5.41, 5.74) is 3.84. The Hall–Kier alpha value is -2.42. The van der Waals surface area contributed by atoms with Crippen LogP contribution in [0.4, 0.5) is 0 Å². The van der Waals surface area contributed by atoms with E-state index in [9.17, 15) is 4.79 Å². The Morgan fingerprint density at radius 3 is 2.63 bits per heavy atom.